The number of β-amino-alcohol motifs (C(OH)–C–C–N with tert-alkyl or cyclic N) is 1. The van der Waals surface area contributed by atoms with Gasteiger partial charge in [-0.25, -0.2) is 4.79 Å². The predicted molar refractivity (Wildman–Crippen MR) is 132 cm³/mol. The van der Waals surface area contributed by atoms with E-state index in [-0.39, 0.29) is 19.9 Å². The summed E-state index contributed by atoms with van der Waals surface area (Å²) in [6.45, 7) is 3.50. The number of hydrogen-bond donors (Lipinski definition) is 2. The van der Waals surface area contributed by atoms with E-state index in [2.05, 4.69) is 5.32 Å². The topological polar surface area (TPSA) is 97.3 Å². The molecule has 0 spiro atoms. The Labute approximate surface area is 209 Å². The van der Waals surface area contributed by atoms with Gasteiger partial charge in [0.15, 0.2) is 11.5 Å². The molecule has 0 saturated carbocycles. The summed E-state index contributed by atoms with van der Waals surface area (Å²) < 4.78 is 16.9. The highest BCUT2D eigenvalue weighted by Crippen LogP contribution is 2.38. The molecule has 2 heterocycles. The normalized spacial score (nSPS) is 20.4. The summed E-state index contributed by atoms with van der Waals surface area (Å²) in [5, 5.41) is 13.5. The summed E-state index contributed by atoms with van der Waals surface area (Å²) in [5.41, 5.74) is 2.29. The zero-order valence-corrected chi connectivity index (χ0v) is 20.1. The van der Waals surface area contributed by atoms with E-state index < -0.39 is 29.7 Å². The van der Waals surface area contributed by atoms with E-state index in [4.69, 9.17) is 14.2 Å². The first-order valence-electron chi connectivity index (χ1n) is 11.8. The number of aliphatic hydroxyl groups is 1. The highest BCUT2D eigenvalue weighted by Gasteiger charge is 2.49. The Kier molecular flexibility index (Phi) is 6.38. The third-order valence-electron chi connectivity index (χ3n) is 6.65. The van der Waals surface area contributed by atoms with Gasteiger partial charge in [0, 0.05) is 0 Å². The van der Waals surface area contributed by atoms with Gasteiger partial charge in [-0.05, 0) is 48.2 Å². The fourth-order valence-electron chi connectivity index (χ4n) is 4.61. The molecule has 0 radical (unpaired) electrons. The fraction of sp³-hybridized carbons (Fsp3) is 0.286. The summed E-state index contributed by atoms with van der Waals surface area (Å²) in [4.78, 5) is 27.1. The van der Waals surface area contributed by atoms with E-state index in [1.807, 2.05) is 61.5 Å². The second-order valence-electron chi connectivity index (χ2n) is 9.17. The zero-order valence-electron chi connectivity index (χ0n) is 20.1. The minimum absolute atomic E-state index is 0.0638. The number of amides is 3. The van der Waals surface area contributed by atoms with Gasteiger partial charge in [0.05, 0.1) is 19.3 Å². The molecule has 3 aromatic rings. The fourth-order valence-corrected chi connectivity index (χ4v) is 4.61. The average Bonchev–Trinajstić information content (AvgIpc) is 3.44. The number of imide groups is 1. The first-order valence-corrected chi connectivity index (χ1v) is 11.8. The maximum Gasteiger partial charge on any atom is 0.325 e. The smallest absolute Gasteiger partial charge is 0.325 e. The summed E-state index contributed by atoms with van der Waals surface area (Å²) in [5.74, 6) is 0.653. The minimum Gasteiger partial charge on any atom is -0.454 e. The molecule has 5 rings (SSSR count). The minimum atomic E-state index is -1.29. The largest absolute Gasteiger partial charge is 0.454 e. The SMILES string of the molecule is Cc1ccccc1[C@H](OC[C@@H](O)CN1C(=O)N[C@@](C)(c2ccc3c(c2)OCO3)C1=O)c1ccccc1. The van der Waals surface area contributed by atoms with Gasteiger partial charge in [0.2, 0.25) is 6.79 Å². The molecule has 8 nitrogen and oxygen atoms in total. The van der Waals surface area contributed by atoms with Gasteiger partial charge in [-0.3, -0.25) is 9.69 Å². The number of aliphatic hydroxyl groups excluding tert-OH is 1. The van der Waals surface area contributed by atoms with Crippen LogP contribution in [0.5, 0.6) is 11.5 Å². The number of nitrogens with one attached hydrogen (secondary N) is 1. The van der Waals surface area contributed by atoms with Gasteiger partial charge in [-0.1, -0.05) is 60.7 Å². The summed E-state index contributed by atoms with van der Waals surface area (Å²) in [7, 11) is 0. The number of ether oxygens (including phenoxy) is 3. The maximum absolute atomic E-state index is 13.3. The van der Waals surface area contributed by atoms with Gasteiger partial charge < -0.3 is 24.6 Å². The quantitative estimate of drug-likeness (QED) is 0.470. The first kappa shape index (κ1) is 23.8. The van der Waals surface area contributed by atoms with Gasteiger partial charge in [-0.15, -0.1) is 0 Å². The molecular formula is C28H28N2O6. The molecule has 3 aromatic carbocycles. The van der Waals surface area contributed by atoms with E-state index in [9.17, 15) is 14.7 Å². The van der Waals surface area contributed by atoms with Crippen molar-refractivity contribution in [1.82, 2.24) is 10.2 Å². The van der Waals surface area contributed by atoms with Crippen molar-refractivity contribution >= 4 is 11.9 Å². The van der Waals surface area contributed by atoms with Crippen molar-refractivity contribution in [2.45, 2.75) is 31.6 Å². The average molecular weight is 489 g/mol. The van der Waals surface area contributed by atoms with E-state index in [1.165, 1.54) is 0 Å². The van der Waals surface area contributed by atoms with Crippen LogP contribution in [0.2, 0.25) is 0 Å². The van der Waals surface area contributed by atoms with Crippen LogP contribution in [-0.2, 0) is 15.1 Å². The third kappa shape index (κ3) is 4.41. The van der Waals surface area contributed by atoms with Crippen molar-refractivity contribution in [3.05, 3.63) is 95.1 Å². The molecule has 3 amide bonds. The van der Waals surface area contributed by atoms with Crippen LogP contribution >= 0.6 is 0 Å². The molecule has 2 aliphatic rings. The molecule has 0 bridgehead atoms. The highest BCUT2D eigenvalue weighted by atomic mass is 16.7. The molecule has 0 unspecified atom stereocenters. The number of nitrogens with zero attached hydrogens (tertiary/aromatic N) is 1. The number of carbonyl (C=O) groups excluding carboxylic acids is 2. The Morgan fingerprint density at radius 2 is 1.75 bits per heavy atom. The number of benzene rings is 3. The molecule has 1 fully saturated rings. The molecule has 186 valence electrons. The van der Waals surface area contributed by atoms with Crippen LogP contribution in [0.15, 0.2) is 72.8 Å². The second kappa shape index (κ2) is 9.64. The molecule has 0 aromatic heterocycles. The highest BCUT2D eigenvalue weighted by molar-refractivity contribution is 6.07. The summed E-state index contributed by atoms with van der Waals surface area (Å²) in [6, 6.07) is 22.2. The van der Waals surface area contributed by atoms with Crippen molar-refractivity contribution in [1.29, 1.82) is 0 Å². The van der Waals surface area contributed by atoms with Crippen molar-refractivity contribution in [3.8, 4) is 11.5 Å². The van der Waals surface area contributed by atoms with Gasteiger partial charge in [0.1, 0.15) is 11.6 Å². The molecular weight excluding hydrogens is 460 g/mol. The van der Waals surface area contributed by atoms with Crippen molar-refractivity contribution in [3.63, 3.8) is 0 Å². The summed E-state index contributed by atoms with van der Waals surface area (Å²) in [6.07, 6.45) is -1.47. The van der Waals surface area contributed by atoms with E-state index in [0.29, 0.717) is 17.1 Å². The van der Waals surface area contributed by atoms with Crippen molar-refractivity contribution in [2.24, 2.45) is 0 Å². The van der Waals surface area contributed by atoms with Crippen LogP contribution in [0, 0.1) is 6.92 Å². The maximum atomic E-state index is 13.3. The number of rotatable bonds is 8. The molecule has 3 atom stereocenters. The molecule has 0 aliphatic carbocycles. The standard InChI is InChI=1S/C28H28N2O6/c1-18-8-6-7-11-22(18)25(19-9-4-3-5-10-19)34-16-21(31)15-30-26(32)28(2,29-27(30)33)20-12-13-23-24(14-20)36-17-35-23/h3-14,21,25,31H,15-17H2,1-2H3,(H,29,33)/t21-,25+,28-/m0/s1. The molecule has 36 heavy (non-hydrogen) atoms. The monoisotopic (exact) mass is 488 g/mol. The van der Waals surface area contributed by atoms with E-state index in [0.717, 1.165) is 21.6 Å². The van der Waals surface area contributed by atoms with Crippen molar-refractivity contribution in [2.75, 3.05) is 19.9 Å². The molecule has 8 heteroatoms. The first-order chi connectivity index (χ1) is 17.4. The van der Waals surface area contributed by atoms with Crippen LogP contribution in [0.1, 0.15) is 35.3 Å². The van der Waals surface area contributed by atoms with E-state index in [1.54, 1.807) is 25.1 Å². The number of carbonyl (C=O) groups is 2. The van der Waals surface area contributed by atoms with E-state index >= 15 is 0 Å². The van der Waals surface area contributed by atoms with Gasteiger partial charge in [-0.2, -0.15) is 0 Å². The van der Waals surface area contributed by atoms with Gasteiger partial charge in [0.25, 0.3) is 5.91 Å². The van der Waals surface area contributed by atoms with Crippen LogP contribution in [-0.4, -0.2) is 48.0 Å². The van der Waals surface area contributed by atoms with Gasteiger partial charge >= 0.3 is 6.03 Å². The molecule has 1 saturated heterocycles. The summed E-state index contributed by atoms with van der Waals surface area (Å²) >= 11 is 0. The van der Waals surface area contributed by atoms with Crippen LogP contribution in [0.3, 0.4) is 0 Å². The number of hydrogen-bond acceptors (Lipinski definition) is 6. The lowest BCUT2D eigenvalue weighted by Gasteiger charge is -2.25. The van der Waals surface area contributed by atoms with Crippen molar-refractivity contribution < 1.29 is 28.9 Å². The predicted octanol–water partition coefficient (Wildman–Crippen LogP) is 3.66. The molecule has 2 N–H and O–H groups in total. The zero-order chi connectivity index (χ0) is 25.3. The van der Waals surface area contributed by atoms with Crippen LogP contribution in [0.4, 0.5) is 4.79 Å². The third-order valence-corrected chi connectivity index (χ3v) is 6.65. The van der Waals surface area contributed by atoms with Crippen LogP contribution < -0.4 is 14.8 Å². The number of aryl methyl sites for hydroxylation is 1. The number of fused-ring (bicyclic) bond motifs is 1. The lowest BCUT2D eigenvalue weighted by molar-refractivity contribution is -0.132. The Morgan fingerprint density at radius 1 is 1.03 bits per heavy atom. The Balaban J connectivity index is 1.29. The second-order valence-corrected chi connectivity index (χ2v) is 9.17. The Hall–Kier alpha value is -3.88. The number of urea groups is 1. The lowest BCUT2D eigenvalue weighted by Crippen LogP contribution is -2.42. The van der Waals surface area contributed by atoms with Crippen LogP contribution in [0.25, 0.3) is 0 Å². The lowest BCUT2D eigenvalue weighted by atomic mass is 9.91. The molecule has 2 aliphatic heterocycles. The Bertz CT molecular complexity index is 1280. The Morgan fingerprint density at radius 3 is 2.53 bits per heavy atom.